The van der Waals surface area contributed by atoms with E-state index in [2.05, 4.69) is 41.1 Å². The molecule has 0 atom stereocenters. The van der Waals surface area contributed by atoms with Crippen LogP contribution in [0.1, 0.15) is 18.1 Å². The van der Waals surface area contributed by atoms with Crippen molar-refractivity contribution in [1.82, 2.24) is 0 Å². The molecule has 0 amide bonds. The Kier molecular flexibility index (Phi) is 3.15. The lowest BCUT2D eigenvalue weighted by Crippen LogP contribution is -1.84. The van der Waals surface area contributed by atoms with Crippen molar-refractivity contribution < 1.29 is 0 Å². The van der Waals surface area contributed by atoms with Crippen LogP contribution in [0.5, 0.6) is 0 Å². The number of thiophene rings is 1. The van der Waals surface area contributed by atoms with Gasteiger partial charge in [-0.25, -0.2) is 0 Å². The highest BCUT2D eigenvalue weighted by Crippen LogP contribution is 2.33. The van der Waals surface area contributed by atoms with Crippen LogP contribution in [-0.4, -0.2) is 0 Å². The molecule has 0 aliphatic heterocycles. The van der Waals surface area contributed by atoms with E-state index in [1.54, 1.807) is 11.3 Å². The monoisotopic (exact) mass is 288 g/mol. The minimum Gasteiger partial charge on any atom is -0.128 e. The van der Waals surface area contributed by atoms with E-state index in [9.17, 15) is 0 Å². The summed E-state index contributed by atoms with van der Waals surface area (Å²) in [4.78, 5) is 0. The van der Waals surface area contributed by atoms with Crippen molar-refractivity contribution >= 4 is 49.0 Å². The van der Waals surface area contributed by atoms with E-state index >= 15 is 0 Å². The first kappa shape index (κ1) is 10.5. The first-order chi connectivity index (χ1) is 6.74. The molecule has 0 bridgehead atoms. The van der Waals surface area contributed by atoms with Gasteiger partial charge in [0.1, 0.15) is 0 Å². The van der Waals surface area contributed by atoms with E-state index < -0.39 is 0 Å². The van der Waals surface area contributed by atoms with E-state index in [-0.39, 0.29) is 0 Å². The highest BCUT2D eigenvalue weighted by molar-refractivity contribution is 9.11. The predicted molar refractivity (Wildman–Crippen MR) is 68.5 cm³/mol. The third-order valence-corrected chi connectivity index (χ3v) is 4.18. The van der Waals surface area contributed by atoms with Crippen molar-refractivity contribution in [1.29, 1.82) is 0 Å². The smallest absolute Gasteiger partial charge is 0.0711 e. The molecule has 74 valence electrons. The highest BCUT2D eigenvalue weighted by Gasteiger charge is 2.06. The molecule has 0 unspecified atom stereocenters. The second kappa shape index (κ2) is 4.21. The third kappa shape index (κ3) is 1.83. The maximum absolute atomic E-state index is 5.93. The number of aryl methyl sites for hydroxylation is 1. The molecule has 0 N–H and O–H groups in total. The van der Waals surface area contributed by atoms with Gasteiger partial charge in [0.15, 0.2) is 0 Å². The Morgan fingerprint density at radius 3 is 2.79 bits per heavy atom. The Labute approximate surface area is 101 Å². The summed E-state index contributed by atoms with van der Waals surface area (Å²) in [5.41, 5.74) is 2.60. The molecule has 2 rings (SSSR count). The summed E-state index contributed by atoms with van der Waals surface area (Å²) in [5, 5.41) is 1.29. The van der Waals surface area contributed by atoms with Crippen LogP contribution in [0.2, 0.25) is 0 Å². The van der Waals surface area contributed by atoms with E-state index in [1.807, 2.05) is 0 Å². The molecule has 0 aliphatic rings. The Balaban J connectivity index is 2.72. The highest BCUT2D eigenvalue weighted by atomic mass is 79.9. The molecule has 0 aliphatic carbocycles. The van der Waals surface area contributed by atoms with Crippen molar-refractivity contribution in [2.24, 2.45) is 0 Å². The molecule has 0 saturated heterocycles. The molecule has 0 fully saturated rings. The summed E-state index contributed by atoms with van der Waals surface area (Å²) in [6.45, 7) is 2.17. The summed E-state index contributed by atoms with van der Waals surface area (Å²) in [5.74, 6) is 0.591. The standard InChI is InChI=1S/C11H10BrClS/c1-2-7-3-8(6-13)9-5-11(12)14-10(9)4-7/h3-5H,2,6H2,1H3. The van der Waals surface area contributed by atoms with E-state index in [4.69, 9.17) is 11.6 Å². The van der Waals surface area contributed by atoms with Gasteiger partial charge in [0.2, 0.25) is 0 Å². The molecule has 1 heterocycles. The fourth-order valence-corrected chi connectivity index (χ4v) is 3.43. The molecule has 0 nitrogen and oxygen atoms in total. The van der Waals surface area contributed by atoms with Crippen molar-refractivity contribution in [2.45, 2.75) is 19.2 Å². The topological polar surface area (TPSA) is 0 Å². The molecule has 0 saturated carbocycles. The van der Waals surface area contributed by atoms with Gasteiger partial charge in [-0.15, -0.1) is 22.9 Å². The number of halogens is 2. The van der Waals surface area contributed by atoms with Gasteiger partial charge in [-0.2, -0.15) is 0 Å². The van der Waals surface area contributed by atoms with Crippen LogP contribution in [0.3, 0.4) is 0 Å². The lowest BCUT2D eigenvalue weighted by molar-refractivity contribution is 1.14. The van der Waals surface area contributed by atoms with Crippen LogP contribution < -0.4 is 0 Å². The van der Waals surface area contributed by atoms with Gasteiger partial charge in [0, 0.05) is 10.6 Å². The van der Waals surface area contributed by atoms with Crippen LogP contribution in [0.4, 0.5) is 0 Å². The Bertz CT molecular complexity index is 462. The van der Waals surface area contributed by atoms with Crippen LogP contribution in [0.25, 0.3) is 10.1 Å². The lowest BCUT2D eigenvalue weighted by Gasteiger charge is -2.02. The van der Waals surface area contributed by atoms with Gasteiger partial charge >= 0.3 is 0 Å². The zero-order chi connectivity index (χ0) is 10.1. The Morgan fingerprint density at radius 1 is 1.36 bits per heavy atom. The number of alkyl halides is 1. The first-order valence-corrected chi connectivity index (χ1v) is 6.65. The molecule has 3 heteroatoms. The van der Waals surface area contributed by atoms with E-state index in [1.165, 1.54) is 25.0 Å². The average Bonchev–Trinajstić information content (AvgIpc) is 2.56. The van der Waals surface area contributed by atoms with Crippen molar-refractivity contribution in [2.75, 3.05) is 0 Å². The Morgan fingerprint density at radius 2 is 2.14 bits per heavy atom. The van der Waals surface area contributed by atoms with Crippen LogP contribution in [0.15, 0.2) is 22.0 Å². The summed E-state index contributed by atoms with van der Waals surface area (Å²) >= 11 is 11.2. The van der Waals surface area contributed by atoms with Gasteiger partial charge in [0.05, 0.1) is 3.79 Å². The summed E-state index contributed by atoms with van der Waals surface area (Å²) < 4.78 is 2.50. The lowest BCUT2D eigenvalue weighted by atomic mass is 10.1. The normalized spacial score (nSPS) is 11.1. The van der Waals surface area contributed by atoms with Crippen molar-refractivity contribution in [3.05, 3.63) is 33.1 Å². The van der Waals surface area contributed by atoms with Gasteiger partial charge in [0.25, 0.3) is 0 Å². The number of benzene rings is 1. The van der Waals surface area contributed by atoms with E-state index in [0.717, 1.165) is 6.42 Å². The summed E-state index contributed by atoms with van der Waals surface area (Å²) in [6, 6.07) is 6.60. The summed E-state index contributed by atoms with van der Waals surface area (Å²) in [6.07, 6.45) is 1.06. The fraction of sp³-hybridized carbons (Fsp3) is 0.273. The van der Waals surface area contributed by atoms with Gasteiger partial charge < -0.3 is 0 Å². The van der Waals surface area contributed by atoms with Crippen molar-refractivity contribution in [3.8, 4) is 0 Å². The molecule has 1 aromatic heterocycles. The molecule has 2 aromatic rings. The first-order valence-electron chi connectivity index (χ1n) is 4.51. The summed E-state index contributed by atoms with van der Waals surface area (Å²) in [7, 11) is 0. The maximum atomic E-state index is 5.93. The van der Waals surface area contributed by atoms with Gasteiger partial charge in [-0.05, 0) is 51.0 Å². The predicted octanol–water partition coefficient (Wildman–Crippen LogP) is 4.97. The number of hydrogen-bond donors (Lipinski definition) is 0. The molecular formula is C11H10BrClS. The van der Waals surface area contributed by atoms with Crippen LogP contribution in [-0.2, 0) is 12.3 Å². The minimum absolute atomic E-state index is 0.591. The van der Waals surface area contributed by atoms with E-state index in [0.29, 0.717) is 5.88 Å². The maximum Gasteiger partial charge on any atom is 0.0711 e. The SMILES string of the molecule is CCc1cc(CCl)c2cc(Br)sc2c1. The largest absolute Gasteiger partial charge is 0.128 e. The number of fused-ring (bicyclic) bond motifs is 1. The zero-order valence-corrected chi connectivity index (χ0v) is 11.0. The third-order valence-electron chi connectivity index (χ3n) is 2.31. The van der Waals surface area contributed by atoms with Gasteiger partial charge in [-0.3, -0.25) is 0 Å². The van der Waals surface area contributed by atoms with Crippen LogP contribution in [0, 0.1) is 0 Å². The molecule has 0 radical (unpaired) electrons. The zero-order valence-electron chi connectivity index (χ0n) is 7.81. The average molecular weight is 290 g/mol. The second-order valence-corrected chi connectivity index (χ2v) is 5.93. The fourth-order valence-electron chi connectivity index (χ4n) is 1.56. The Hall–Kier alpha value is -0.0500. The second-order valence-electron chi connectivity index (χ2n) is 3.20. The molecular weight excluding hydrogens is 280 g/mol. The van der Waals surface area contributed by atoms with Crippen molar-refractivity contribution in [3.63, 3.8) is 0 Å². The quantitative estimate of drug-likeness (QED) is 0.685. The number of rotatable bonds is 2. The molecule has 1 aromatic carbocycles. The van der Waals surface area contributed by atoms with Crippen LogP contribution >= 0.6 is 38.9 Å². The van der Waals surface area contributed by atoms with Gasteiger partial charge in [-0.1, -0.05) is 13.0 Å². The molecule has 14 heavy (non-hydrogen) atoms. The number of hydrogen-bond acceptors (Lipinski definition) is 1. The minimum atomic E-state index is 0.591. The molecule has 0 spiro atoms.